The van der Waals surface area contributed by atoms with Crippen LogP contribution in [0.5, 0.6) is 0 Å². The maximum Gasteiger partial charge on any atom is 0.330 e. The molecule has 1 saturated heterocycles. The van der Waals surface area contributed by atoms with Gasteiger partial charge in [-0.15, -0.1) is 0 Å². The molecule has 0 bridgehead atoms. The minimum absolute atomic E-state index is 0.131. The summed E-state index contributed by atoms with van der Waals surface area (Å²) in [5.41, 5.74) is 2.70. The van der Waals surface area contributed by atoms with Gasteiger partial charge in [0.15, 0.2) is 0 Å². The van der Waals surface area contributed by atoms with E-state index in [0.29, 0.717) is 12.0 Å². The molecule has 3 heteroatoms. The van der Waals surface area contributed by atoms with E-state index in [1.54, 1.807) is 6.08 Å². The van der Waals surface area contributed by atoms with Crippen molar-refractivity contribution in [3.63, 3.8) is 0 Å². The van der Waals surface area contributed by atoms with Crippen LogP contribution in [-0.4, -0.2) is 24.8 Å². The topological polar surface area (TPSA) is 38.8 Å². The first-order valence-electron chi connectivity index (χ1n) is 8.48. The Balaban J connectivity index is 2.44. The maximum atomic E-state index is 11.3. The van der Waals surface area contributed by atoms with E-state index < -0.39 is 0 Å². The number of methoxy groups -OCH3 is 1. The smallest absolute Gasteiger partial charge is 0.330 e. The fraction of sp³-hybridized carbons (Fsp3) is 0.737. The number of epoxide rings is 1. The lowest BCUT2D eigenvalue weighted by Gasteiger charge is -2.11. The molecule has 0 aliphatic carbocycles. The minimum atomic E-state index is -0.270. The molecular formula is C19H32O3. The van der Waals surface area contributed by atoms with Crippen LogP contribution in [0.3, 0.4) is 0 Å². The maximum absolute atomic E-state index is 11.3. The van der Waals surface area contributed by atoms with Crippen molar-refractivity contribution in [2.45, 2.75) is 78.4 Å². The van der Waals surface area contributed by atoms with Crippen molar-refractivity contribution in [3.05, 3.63) is 23.3 Å². The van der Waals surface area contributed by atoms with Crippen LogP contribution in [0.1, 0.15) is 66.7 Å². The highest BCUT2D eigenvalue weighted by molar-refractivity contribution is 5.82. The predicted octanol–water partition coefficient (Wildman–Crippen LogP) is 4.82. The van der Waals surface area contributed by atoms with E-state index >= 15 is 0 Å². The largest absolute Gasteiger partial charge is 0.466 e. The number of rotatable bonds is 9. The van der Waals surface area contributed by atoms with E-state index in [2.05, 4.69) is 38.5 Å². The van der Waals surface area contributed by atoms with Gasteiger partial charge in [0.2, 0.25) is 0 Å². The molecule has 0 unspecified atom stereocenters. The molecule has 1 aliphatic heterocycles. The first-order chi connectivity index (χ1) is 10.4. The standard InChI is InChI=1S/C19H32O3/c1-7-16(11-12-17-19(5,8-2)22-17)10-9-14(3)15(4)13-18(20)21-6/h10,13-14,17H,7-9,11-12H2,1-6H3/b15-13+,16-10+/t14-,17-,19+/m1/s1. The summed E-state index contributed by atoms with van der Waals surface area (Å²) in [6.07, 6.45) is 9.75. The van der Waals surface area contributed by atoms with Crippen LogP contribution in [0.25, 0.3) is 0 Å². The number of carbonyl (C=O) groups excluding carboxylic acids is 1. The molecule has 0 amide bonds. The van der Waals surface area contributed by atoms with Gasteiger partial charge in [-0.3, -0.25) is 0 Å². The fourth-order valence-corrected chi connectivity index (χ4v) is 2.62. The van der Waals surface area contributed by atoms with Crippen molar-refractivity contribution < 1.29 is 14.3 Å². The van der Waals surface area contributed by atoms with Gasteiger partial charge >= 0.3 is 5.97 Å². The van der Waals surface area contributed by atoms with Crippen LogP contribution in [0.15, 0.2) is 23.3 Å². The third-order valence-electron chi connectivity index (χ3n) is 5.00. The van der Waals surface area contributed by atoms with E-state index in [0.717, 1.165) is 37.7 Å². The highest BCUT2D eigenvalue weighted by Gasteiger charge is 2.49. The molecule has 0 aromatic carbocycles. The molecule has 0 saturated carbocycles. The summed E-state index contributed by atoms with van der Waals surface area (Å²) in [7, 11) is 1.41. The lowest BCUT2D eigenvalue weighted by molar-refractivity contribution is -0.134. The van der Waals surface area contributed by atoms with Crippen LogP contribution >= 0.6 is 0 Å². The zero-order valence-corrected chi connectivity index (χ0v) is 15.1. The molecule has 0 aromatic heterocycles. The molecule has 0 N–H and O–H groups in total. The van der Waals surface area contributed by atoms with Gasteiger partial charge in [0.25, 0.3) is 0 Å². The Morgan fingerprint density at radius 3 is 2.59 bits per heavy atom. The third kappa shape index (κ3) is 5.60. The lowest BCUT2D eigenvalue weighted by atomic mass is 9.94. The van der Waals surface area contributed by atoms with Crippen LogP contribution < -0.4 is 0 Å². The molecule has 0 spiro atoms. The summed E-state index contributed by atoms with van der Waals surface area (Å²) >= 11 is 0. The van der Waals surface area contributed by atoms with Gasteiger partial charge in [-0.1, -0.05) is 38.0 Å². The van der Waals surface area contributed by atoms with Gasteiger partial charge in [0.05, 0.1) is 18.8 Å². The molecule has 1 rings (SSSR count). The van der Waals surface area contributed by atoms with Crippen LogP contribution in [0.4, 0.5) is 0 Å². The first-order valence-corrected chi connectivity index (χ1v) is 8.48. The molecule has 22 heavy (non-hydrogen) atoms. The van der Waals surface area contributed by atoms with Crippen molar-refractivity contribution in [2.75, 3.05) is 7.11 Å². The SMILES string of the molecule is CC/C(=C\C[C@@H](C)/C(C)=C/C(=O)OC)CC[C@H]1O[C@@]1(C)CC. The fourth-order valence-electron chi connectivity index (χ4n) is 2.62. The summed E-state index contributed by atoms with van der Waals surface area (Å²) in [4.78, 5) is 11.3. The van der Waals surface area contributed by atoms with Gasteiger partial charge in [0, 0.05) is 6.08 Å². The summed E-state index contributed by atoms with van der Waals surface area (Å²) in [6.45, 7) is 10.7. The van der Waals surface area contributed by atoms with Gasteiger partial charge in [-0.2, -0.15) is 0 Å². The molecule has 3 nitrogen and oxygen atoms in total. The molecule has 0 aromatic rings. The van der Waals surface area contributed by atoms with Gasteiger partial charge in [-0.05, 0) is 51.9 Å². The van der Waals surface area contributed by atoms with E-state index in [1.165, 1.54) is 12.7 Å². The summed E-state index contributed by atoms with van der Waals surface area (Å²) < 4.78 is 10.5. The predicted molar refractivity (Wildman–Crippen MR) is 90.7 cm³/mol. The zero-order valence-electron chi connectivity index (χ0n) is 15.1. The second-order valence-electron chi connectivity index (χ2n) is 6.58. The van der Waals surface area contributed by atoms with Gasteiger partial charge < -0.3 is 9.47 Å². The van der Waals surface area contributed by atoms with Crippen molar-refractivity contribution >= 4 is 5.97 Å². The Morgan fingerprint density at radius 2 is 2.09 bits per heavy atom. The lowest BCUT2D eigenvalue weighted by Crippen LogP contribution is -2.07. The van der Waals surface area contributed by atoms with Crippen LogP contribution in [-0.2, 0) is 14.3 Å². The minimum Gasteiger partial charge on any atom is -0.466 e. The van der Waals surface area contributed by atoms with E-state index in [1.807, 2.05) is 6.92 Å². The van der Waals surface area contributed by atoms with Crippen molar-refractivity contribution in [3.8, 4) is 0 Å². The molecule has 1 aliphatic rings. The second kappa shape index (κ2) is 8.52. The van der Waals surface area contributed by atoms with Gasteiger partial charge in [0.1, 0.15) is 0 Å². The Morgan fingerprint density at radius 1 is 1.41 bits per heavy atom. The summed E-state index contributed by atoms with van der Waals surface area (Å²) in [5.74, 6) is 0.0903. The van der Waals surface area contributed by atoms with Gasteiger partial charge in [-0.25, -0.2) is 4.79 Å². The van der Waals surface area contributed by atoms with Crippen LogP contribution in [0.2, 0.25) is 0 Å². The quantitative estimate of drug-likeness (QED) is 0.265. The number of hydrogen-bond donors (Lipinski definition) is 0. The Labute approximate surface area is 135 Å². The third-order valence-corrected chi connectivity index (χ3v) is 5.00. The van der Waals surface area contributed by atoms with E-state index in [9.17, 15) is 4.79 Å². The molecule has 1 fully saturated rings. The van der Waals surface area contributed by atoms with Crippen LogP contribution in [0, 0.1) is 5.92 Å². The summed E-state index contributed by atoms with van der Waals surface area (Å²) in [6, 6.07) is 0. The summed E-state index contributed by atoms with van der Waals surface area (Å²) in [5, 5.41) is 0. The highest BCUT2D eigenvalue weighted by Crippen LogP contribution is 2.42. The van der Waals surface area contributed by atoms with Crippen molar-refractivity contribution in [2.24, 2.45) is 5.92 Å². The molecule has 3 atom stereocenters. The number of hydrogen-bond acceptors (Lipinski definition) is 3. The Hall–Kier alpha value is -1.09. The monoisotopic (exact) mass is 308 g/mol. The zero-order chi connectivity index (χ0) is 16.8. The second-order valence-corrected chi connectivity index (χ2v) is 6.58. The average molecular weight is 308 g/mol. The molecule has 0 radical (unpaired) electrons. The number of ether oxygens (including phenoxy) is 2. The number of allylic oxidation sites excluding steroid dienone is 3. The number of carbonyl (C=O) groups is 1. The van der Waals surface area contributed by atoms with Crippen molar-refractivity contribution in [1.82, 2.24) is 0 Å². The average Bonchev–Trinajstić information content (AvgIpc) is 3.18. The normalized spacial score (nSPS) is 26.7. The Bertz CT molecular complexity index is 436. The van der Waals surface area contributed by atoms with Crippen molar-refractivity contribution in [1.29, 1.82) is 0 Å². The first kappa shape index (κ1) is 19.0. The molecular weight excluding hydrogens is 276 g/mol. The molecule has 1 heterocycles. The van der Waals surface area contributed by atoms with E-state index in [4.69, 9.17) is 4.74 Å². The Kier molecular flexibility index (Phi) is 7.34. The van der Waals surface area contributed by atoms with E-state index in [-0.39, 0.29) is 11.6 Å². The molecule has 126 valence electrons. The highest BCUT2D eigenvalue weighted by atomic mass is 16.6. The number of esters is 1.